The Morgan fingerprint density at radius 2 is 1.96 bits per heavy atom. The van der Waals surface area contributed by atoms with Crippen LogP contribution in [0.3, 0.4) is 0 Å². The van der Waals surface area contributed by atoms with Gasteiger partial charge in [-0.2, -0.15) is 13.2 Å². The van der Waals surface area contributed by atoms with Crippen molar-refractivity contribution in [2.75, 3.05) is 26.7 Å². The molecule has 0 radical (unpaired) electrons. The number of alkyl halides is 3. The Labute approximate surface area is 152 Å². The summed E-state index contributed by atoms with van der Waals surface area (Å²) in [6.45, 7) is 4.81. The van der Waals surface area contributed by atoms with Gasteiger partial charge in [-0.05, 0) is 30.2 Å². The third-order valence-corrected chi connectivity index (χ3v) is 4.77. The lowest BCUT2D eigenvalue weighted by molar-refractivity contribution is -0.137. The summed E-state index contributed by atoms with van der Waals surface area (Å²) >= 11 is 0. The molecule has 3 rings (SSSR count). The Balaban J connectivity index is 0.00000144. The highest BCUT2D eigenvalue weighted by atomic mass is 35.5. The van der Waals surface area contributed by atoms with Gasteiger partial charge in [0.1, 0.15) is 0 Å². The fraction of sp³-hybridized carbons (Fsp3) is 0.625. The SMILES string of the molecule is COC1Cc2cc(C(F)(F)F)ccc2C1N1CCNC[C@@H]1C.Cl.Cl. The highest BCUT2D eigenvalue weighted by Gasteiger charge is 2.41. The van der Waals surface area contributed by atoms with E-state index in [1.165, 1.54) is 12.1 Å². The van der Waals surface area contributed by atoms with Crippen LogP contribution in [0.25, 0.3) is 0 Å². The third-order valence-electron chi connectivity index (χ3n) is 4.77. The lowest BCUT2D eigenvalue weighted by atomic mass is 10.0. The molecule has 1 aliphatic heterocycles. The highest BCUT2D eigenvalue weighted by molar-refractivity contribution is 5.85. The molecule has 2 aliphatic rings. The summed E-state index contributed by atoms with van der Waals surface area (Å²) < 4.78 is 44.3. The number of piperazine rings is 1. The van der Waals surface area contributed by atoms with E-state index in [9.17, 15) is 13.2 Å². The van der Waals surface area contributed by atoms with E-state index in [0.29, 0.717) is 12.5 Å². The lowest BCUT2D eigenvalue weighted by Gasteiger charge is -2.40. The van der Waals surface area contributed by atoms with Gasteiger partial charge in [0.25, 0.3) is 0 Å². The minimum Gasteiger partial charge on any atom is -0.379 e. The maximum absolute atomic E-state index is 12.9. The number of nitrogens with zero attached hydrogens (tertiary/aromatic N) is 1. The molecular weight excluding hydrogens is 364 g/mol. The molecule has 1 saturated heterocycles. The van der Waals surface area contributed by atoms with Crippen LogP contribution in [-0.2, 0) is 17.3 Å². The molecule has 0 spiro atoms. The van der Waals surface area contributed by atoms with Crippen molar-refractivity contribution in [2.45, 2.75) is 37.7 Å². The van der Waals surface area contributed by atoms with Crippen LogP contribution >= 0.6 is 24.8 Å². The molecule has 138 valence electrons. The van der Waals surface area contributed by atoms with Crippen LogP contribution in [0.4, 0.5) is 13.2 Å². The second-order valence-corrected chi connectivity index (χ2v) is 6.13. The predicted octanol–water partition coefficient (Wildman–Crippen LogP) is 3.45. The van der Waals surface area contributed by atoms with E-state index in [0.717, 1.165) is 30.8 Å². The summed E-state index contributed by atoms with van der Waals surface area (Å²) in [5.74, 6) is 0. The van der Waals surface area contributed by atoms with Gasteiger partial charge in [-0.15, -0.1) is 24.8 Å². The number of ether oxygens (including phenoxy) is 1. The third kappa shape index (κ3) is 3.99. The van der Waals surface area contributed by atoms with Gasteiger partial charge in [0.2, 0.25) is 0 Å². The number of fused-ring (bicyclic) bond motifs is 1. The molecule has 0 bridgehead atoms. The standard InChI is InChI=1S/C16H21F3N2O.2ClH/c1-10-9-20-5-6-21(10)15-13-4-3-12(16(17,18)19)7-11(13)8-14(15)22-2;;/h3-4,7,10,14-15,20H,5-6,8-9H2,1-2H3;2*1H/t10-,14?,15?;;/m0../s1. The summed E-state index contributed by atoms with van der Waals surface area (Å²) in [5.41, 5.74) is 1.17. The molecule has 1 aromatic rings. The predicted molar refractivity (Wildman–Crippen MR) is 92.2 cm³/mol. The topological polar surface area (TPSA) is 24.5 Å². The minimum absolute atomic E-state index is 0. The zero-order valence-electron chi connectivity index (χ0n) is 13.6. The molecule has 3 atom stereocenters. The zero-order chi connectivity index (χ0) is 15.9. The van der Waals surface area contributed by atoms with Crippen LogP contribution in [0.1, 0.15) is 29.7 Å². The van der Waals surface area contributed by atoms with Crippen molar-refractivity contribution in [3.8, 4) is 0 Å². The van der Waals surface area contributed by atoms with Crippen LogP contribution in [-0.4, -0.2) is 43.8 Å². The van der Waals surface area contributed by atoms with Gasteiger partial charge < -0.3 is 10.1 Å². The summed E-state index contributed by atoms with van der Waals surface area (Å²) in [4.78, 5) is 2.35. The van der Waals surface area contributed by atoms with Crippen LogP contribution in [0.2, 0.25) is 0 Å². The molecule has 1 fully saturated rings. The number of hydrogen-bond donors (Lipinski definition) is 1. The molecular formula is C16H23Cl2F3N2O. The minimum atomic E-state index is -4.29. The number of methoxy groups -OCH3 is 1. The Hall–Kier alpha value is -0.530. The van der Waals surface area contributed by atoms with Crippen molar-refractivity contribution < 1.29 is 17.9 Å². The van der Waals surface area contributed by atoms with E-state index in [2.05, 4.69) is 17.1 Å². The molecule has 0 aromatic heterocycles. The van der Waals surface area contributed by atoms with Gasteiger partial charge in [-0.25, -0.2) is 0 Å². The average Bonchev–Trinajstić information content (AvgIpc) is 2.84. The summed E-state index contributed by atoms with van der Waals surface area (Å²) in [5, 5.41) is 3.34. The molecule has 1 aromatic carbocycles. The Bertz CT molecular complexity index is 557. The van der Waals surface area contributed by atoms with Crippen molar-refractivity contribution >= 4 is 24.8 Å². The van der Waals surface area contributed by atoms with Gasteiger partial charge in [0.05, 0.1) is 17.7 Å². The molecule has 0 amide bonds. The Kier molecular flexibility index (Phi) is 7.38. The van der Waals surface area contributed by atoms with Crippen LogP contribution < -0.4 is 5.32 Å². The normalized spacial score (nSPS) is 27.1. The van der Waals surface area contributed by atoms with E-state index in [1.54, 1.807) is 13.2 Å². The van der Waals surface area contributed by atoms with E-state index in [-0.39, 0.29) is 37.0 Å². The molecule has 1 aliphatic carbocycles. The first-order valence-corrected chi connectivity index (χ1v) is 7.61. The second-order valence-electron chi connectivity index (χ2n) is 6.13. The van der Waals surface area contributed by atoms with Crippen LogP contribution in [0, 0.1) is 0 Å². The summed E-state index contributed by atoms with van der Waals surface area (Å²) in [6.07, 6.45) is -3.84. The first kappa shape index (κ1) is 21.5. The van der Waals surface area contributed by atoms with Crippen molar-refractivity contribution in [2.24, 2.45) is 0 Å². The zero-order valence-corrected chi connectivity index (χ0v) is 15.2. The van der Waals surface area contributed by atoms with Gasteiger partial charge in [-0.1, -0.05) is 6.07 Å². The Morgan fingerprint density at radius 1 is 1.25 bits per heavy atom. The molecule has 3 nitrogen and oxygen atoms in total. The first-order chi connectivity index (χ1) is 10.4. The highest BCUT2D eigenvalue weighted by Crippen LogP contribution is 2.41. The van der Waals surface area contributed by atoms with Gasteiger partial charge in [0, 0.05) is 39.2 Å². The van der Waals surface area contributed by atoms with Crippen LogP contribution in [0.15, 0.2) is 18.2 Å². The summed E-state index contributed by atoms with van der Waals surface area (Å²) in [6, 6.07) is 4.49. The van der Waals surface area contributed by atoms with Crippen molar-refractivity contribution in [3.63, 3.8) is 0 Å². The van der Waals surface area contributed by atoms with E-state index in [1.807, 2.05) is 0 Å². The number of halogens is 5. The smallest absolute Gasteiger partial charge is 0.379 e. The van der Waals surface area contributed by atoms with E-state index < -0.39 is 11.7 Å². The molecule has 24 heavy (non-hydrogen) atoms. The van der Waals surface area contributed by atoms with Crippen molar-refractivity contribution in [1.29, 1.82) is 0 Å². The van der Waals surface area contributed by atoms with Crippen LogP contribution in [0.5, 0.6) is 0 Å². The maximum atomic E-state index is 12.9. The molecule has 8 heteroatoms. The molecule has 0 saturated carbocycles. The van der Waals surface area contributed by atoms with Gasteiger partial charge >= 0.3 is 6.18 Å². The molecule has 1 heterocycles. The first-order valence-electron chi connectivity index (χ1n) is 7.61. The molecule has 1 N–H and O–H groups in total. The number of hydrogen-bond acceptors (Lipinski definition) is 3. The maximum Gasteiger partial charge on any atom is 0.416 e. The van der Waals surface area contributed by atoms with Gasteiger partial charge in [-0.3, -0.25) is 4.90 Å². The fourth-order valence-electron chi connectivity index (χ4n) is 3.65. The monoisotopic (exact) mass is 386 g/mol. The largest absolute Gasteiger partial charge is 0.416 e. The number of rotatable bonds is 2. The quantitative estimate of drug-likeness (QED) is 0.842. The second kappa shape index (κ2) is 8.23. The number of benzene rings is 1. The average molecular weight is 387 g/mol. The van der Waals surface area contributed by atoms with Gasteiger partial charge in [0.15, 0.2) is 0 Å². The van der Waals surface area contributed by atoms with E-state index >= 15 is 0 Å². The lowest BCUT2D eigenvalue weighted by Crippen LogP contribution is -2.52. The van der Waals surface area contributed by atoms with Crippen molar-refractivity contribution in [3.05, 3.63) is 34.9 Å². The summed E-state index contributed by atoms with van der Waals surface area (Å²) in [7, 11) is 1.64. The molecule has 2 unspecified atom stereocenters. The fourth-order valence-corrected chi connectivity index (χ4v) is 3.65. The van der Waals surface area contributed by atoms with E-state index in [4.69, 9.17) is 4.74 Å². The van der Waals surface area contributed by atoms with Crippen molar-refractivity contribution in [1.82, 2.24) is 10.2 Å². The Morgan fingerprint density at radius 3 is 2.54 bits per heavy atom. The number of nitrogens with one attached hydrogen (secondary N) is 1.